The number of methoxy groups -OCH3 is 1. The Morgan fingerprint density at radius 1 is 1.30 bits per heavy atom. The molecule has 0 bridgehead atoms. The summed E-state index contributed by atoms with van der Waals surface area (Å²) in [5.41, 5.74) is 0.861. The smallest absolute Gasteiger partial charge is 0.244 e. The molecule has 1 unspecified atom stereocenters. The van der Waals surface area contributed by atoms with E-state index >= 15 is 0 Å². The number of likely N-dealkylation sites (N-methyl/N-ethyl adjacent to an activating group) is 1. The fourth-order valence-corrected chi connectivity index (χ4v) is 2.24. The predicted molar refractivity (Wildman–Crippen MR) is 90.2 cm³/mol. The third-order valence-electron chi connectivity index (χ3n) is 3.52. The summed E-state index contributed by atoms with van der Waals surface area (Å²) < 4.78 is 10.7. The van der Waals surface area contributed by atoms with Crippen LogP contribution in [0.25, 0.3) is 6.08 Å². The van der Waals surface area contributed by atoms with Crippen LogP contribution in [-0.2, 0) is 4.79 Å². The molecule has 1 atom stereocenters. The molecule has 5 nitrogen and oxygen atoms in total. The van der Waals surface area contributed by atoms with Crippen LogP contribution in [0.4, 0.5) is 0 Å². The van der Waals surface area contributed by atoms with Gasteiger partial charge in [0.05, 0.1) is 19.4 Å². The predicted octanol–water partition coefficient (Wildman–Crippen LogP) is 2.72. The average Bonchev–Trinajstić information content (AvgIpc) is 3.07. The minimum absolute atomic E-state index is 0.00592. The Bertz CT molecular complexity index is 648. The number of nitrogens with zero attached hydrogens (tertiary/aromatic N) is 1. The number of hydrogen-bond donors (Lipinski definition) is 1. The first-order chi connectivity index (χ1) is 11.1. The molecule has 1 aromatic carbocycles. The fraction of sp³-hybridized carbons (Fsp3) is 0.278. The largest absolute Gasteiger partial charge is 0.496 e. The van der Waals surface area contributed by atoms with Crippen molar-refractivity contribution in [3.05, 3.63) is 60.1 Å². The lowest BCUT2D eigenvalue weighted by Crippen LogP contribution is -2.33. The van der Waals surface area contributed by atoms with E-state index < -0.39 is 0 Å². The number of para-hydroxylation sites is 1. The zero-order valence-corrected chi connectivity index (χ0v) is 13.7. The van der Waals surface area contributed by atoms with Gasteiger partial charge in [0.2, 0.25) is 5.91 Å². The van der Waals surface area contributed by atoms with Crippen LogP contribution < -0.4 is 10.1 Å². The standard InChI is InChI=1S/C18H22N2O3/c1-20(2)15(17-9-6-12-23-17)13-19-18(21)11-10-14-7-4-5-8-16(14)22-3/h4-12,15H,13H2,1-3H3,(H,19,21)/b11-10+. The quantitative estimate of drug-likeness (QED) is 0.798. The van der Waals surface area contributed by atoms with Gasteiger partial charge in [-0.3, -0.25) is 9.69 Å². The summed E-state index contributed by atoms with van der Waals surface area (Å²) in [7, 11) is 5.51. The third-order valence-corrected chi connectivity index (χ3v) is 3.52. The number of nitrogens with one attached hydrogen (secondary N) is 1. The number of furan rings is 1. The highest BCUT2D eigenvalue weighted by molar-refractivity contribution is 5.92. The fourth-order valence-electron chi connectivity index (χ4n) is 2.24. The summed E-state index contributed by atoms with van der Waals surface area (Å²) >= 11 is 0. The molecular formula is C18H22N2O3. The van der Waals surface area contributed by atoms with Crippen molar-refractivity contribution in [1.29, 1.82) is 0 Å². The van der Waals surface area contributed by atoms with Crippen LogP contribution in [0.15, 0.2) is 53.2 Å². The van der Waals surface area contributed by atoms with Crippen LogP contribution in [0, 0.1) is 0 Å². The molecule has 23 heavy (non-hydrogen) atoms. The van der Waals surface area contributed by atoms with E-state index in [0.717, 1.165) is 17.1 Å². The Kier molecular flexibility index (Phi) is 6.00. The highest BCUT2D eigenvalue weighted by Gasteiger charge is 2.17. The van der Waals surface area contributed by atoms with Crippen LogP contribution in [0.2, 0.25) is 0 Å². The van der Waals surface area contributed by atoms with Gasteiger partial charge >= 0.3 is 0 Å². The molecule has 0 spiro atoms. The molecule has 5 heteroatoms. The van der Waals surface area contributed by atoms with Crippen LogP contribution in [0.5, 0.6) is 5.75 Å². The van der Waals surface area contributed by atoms with Crippen molar-refractivity contribution >= 4 is 12.0 Å². The first-order valence-corrected chi connectivity index (χ1v) is 7.40. The molecule has 0 fully saturated rings. The van der Waals surface area contributed by atoms with Gasteiger partial charge < -0.3 is 14.5 Å². The van der Waals surface area contributed by atoms with Gasteiger partial charge in [0.1, 0.15) is 11.5 Å². The van der Waals surface area contributed by atoms with E-state index in [0.29, 0.717) is 6.54 Å². The van der Waals surface area contributed by atoms with Crippen LogP contribution in [0.3, 0.4) is 0 Å². The van der Waals surface area contributed by atoms with Gasteiger partial charge in [-0.05, 0) is 38.4 Å². The van der Waals surface area contributed by atoms with Gasteiger partial charge in [-0.2, -0.15) is 0 Å². The second kappa shape index (κ2) is 8.19. The van der Waals surface area contributed by atoms with E-state index in [1.807, 2.05) is 55.4 Å². The van der Waals surface area contributed by atoms with Crippen LogP contribution in [0.1, 0.15) is 17.4 Å². The summed E-state index contributed by atoms with van der Waals surface area (Å²) in [6, 6.07) is 11.3. The monoisotopic (exact) mass is 314 g/mol. The minimum atomic E-state index is -0.158. The molecule has 1 N–H and O–H groups in total. The second-order valence-corrected chi connectivity index (χ2v) is 5.32. The summed E-state index contributed by atoms with van der Waals surface area (Å²) in [5.74, 6) is 1.40. The van der Waals surface area contributed by atoms with Crippen molar-refractivity contribution in [2.24, 2.45) is 0 Å². The number of hydrogen-bond acceptors (Lipinski definition) is 4. The third kappa shape index (κ3) is 4.72. The van der Waals surface area contributed by atoms with Gasteiger partial charge in [-0.1, -0.05) is 18.2 Å². The molecule has 1 amide bonds. The van der Waals surface area contributed by atoms with E-state index in [4.69, 9.17) is 9.15 Å². The van der Waals surface area contributed by atoms with E-state index in [-0.39, 0.29) is 11.9 Å². The first kappa shape index (κ1) is 16.8. The normalized spacial score (nSPS) is 12.5. The van der Waals surface area contributed by atoms with Crippen molar-refractivity contribution in [2.45, 2.75) is 6.04 Å². The van der Waals surface area contributed by atoms with Crippen molar-refractivity contribution in [3.63, 3.8) is 0 Å². The summed E-state index contributed by atoms with van der Waals surface area (Å²) in [4.78, 5) is 14.0. The van der Waals surface area contributed by atoms with Crippen LogP contribution >= 0.6 is 0 Å². The molecule has 2 aromatic rings. The molecule has 0 aliphatic heterocycles. The van der Waals surface area contributed by atoms with Crippen LogP contribution in [-0.4, -0.2) is 38.6 Å². The Morgan fingerprint density at radius 3 is 2.74 bits per heavy atom. The molecule has 2 rings (SSSR count). The maximum absolute atomic E-state index is 12.0. The molecular weight excluding hydrogens is 292 g/mol. The second-order valence-electron chi connectivity index (χ2n) is 5.32. The molecule has 0 aliphatic carbocycles. The number of amides is 1. The van der Waals surface area contributed by atoms with Gasteiger partial charge in [-0.25, -0.2) is 0 Å². The van der Waals surface area contributed by atoms with Gasteiger partial charge in [0, 0.05) is 18.2 Å². The van der Waals surface area contributed by atoms with Crippen molar-refractivity contribution < 1.29 is 13.9 Å². The lowest BCUT2D eigenvalue weighted by molar-refractivity contribution is -0.116. The Hall–Kier alpha value is -2.53. The zero-order valence-electron chi connectivity index (χ0n) is 13.7. The number of ether oxygens (including phenoxy) is 1. The average molecular weight is 314 g/mol. The summed E-state index contributed by atoms with van der Waals surface area (Å²) in [5, 5.41) is 2.89. The SMILES string of the molecule is COc1ccccc1/C=C/C(=O)NCC(c1ccco1)N(C)C. The van der Waals surface area contributed by atoms with E-state index in [2.05, 4.69) is 5.32 Å². The van der Waals surface area contributed by atoms with E-state index in [1.165, 1.54) is 6.08 Å². The van der Waals surface area contributed by atoms with Gasteiger partial charge in [0.15, 0.2) is 0 Å². The lowest BCUT2D eigenvalue weighted by atomic mass is 10.2. The molecule has 1 heterocycles. The maximum atomic E-state index is 12.0. The number of rotatable bonds is 7. The molecule has 122 valence electrons. The Balaban J connectivity index is 1.95. The lowest BCUT2D eigenvalue weighted by Gasteiger charge is -2.22. The summed E-state index contributed by atoms with van der Waals surface area (Å²) in [6.45, 7) is 0.468. The molecule has 0 saturated heterocycles. The highest BCUT2D eigenvalue weighted by Crippen LogP contribution is 2.19. The van der Waals surface area contributed by atoms with Gasteiger partial charge in [0.25, 0.3) is 0 Å². The number of benzene rings is 1. The molecule has 1 aromatic heterocycles. The molecule has 0 radical (unpaired) electrons. The van der Waals surface area contributed by atoms with Crippen molar-refractivity contribution in [3.8, 4) is 5.75 Å². The molecule has 0 saturated carbocycles. The van der Waals surface area contributed by atoms with E-state index in [1.54, 1.807) is 19.4 Å². The zero-order chi connectivity index (χ0) is 16.7. The maximum Gasteiger partial charge on any atom is 0.244 e. The van der Waals surface area contributed by atoms with E-state index in [9.17, 15) is 4.79 Å². The molecule has 0 aliphatic rings. The first-order valence-electron chi connectivity index (χ1n) is 7.40. The minimum Gasteiger partial charge on any atom is -0.496 e. The Morgan fingerprint density at radius 2 is 2.09 bits per heavy atom. The topological polar surface area (TPSA) is 54.7 Å². The summed E-state index contributed by atoms with van der Waals surface area (Å²) in [6.07, 6.45) is 4.88. The number of carbonyl (C=O) groups is 1. The number of carbonyl (C=O) groups excluding carboxylic acids is 1. The Labute approximate surface area is 136 Å². The van der Waals surface area contributed by atoms with Crippen molar-refractivity contribution in [2.75, 3.05) is 27.7 Å². The highest BCUT2D eigenvalue weighted by atomic mass is 16.5. The van der Waals surface area contributed by atoms with Crippen molar-refractivity contribution in [1.82, 2.24) is 10.2 Å². The van der Waals surface area contributed by atoms with Gasteiger partial charge in [-0.15, -0.1) is 0 Å².